The molecule has 2 heterocycles. The van der Waals surface area contributed by atoms with Crippen LogP contribution in [0.25, 0.3) is 0 Å². The van der Waals surface area contributed by atoms with Crippen LogP contribution in [0.2, 0.25) is 18.1 Å². The summed E-state index contributed by atoms with van der Waals surface area (Å²) in [5.41, 5.74) is 1.45. The Hall–Kier alpha value is -2.36. The predicted molar refractivity (Wildman–Crippen MR) is 105 cm³/mol. The highest BCUT2D eigenvalue weighted by Crippen LogP contribution is 2.36. The lowest BCUT2D eigenvalue weighted by Crippen LogP contribution is -2.40. The number of fused-ring (bicyclic) bond motifs is 1. The van der Waals surface area contributed by atoms with Crippen LogP contribution >= 0.6 is 0 Å². The molecule has 1 aromatic carbocycles. The van der Waals surface area contributed by atoms with Crippen molar-refractivity contribution >= 4 is 20.1 Å². The molecular weight excluding hydrogens is 376 g/mol. The molecule has 28 heavy (non-hydrogen) atoms. The van der Waals surface area contributed by atoms with Crippen LogP contribution in [-0.2, 0) is 22.4 Å². The lowest BCUT2D eigenvalue weighted by atomic mass is 10.1. The first kappa shape index (κ1) is 20.4. The van der Waals surface area contributed by atoms with Gasteiger partial charge in [-0.2, -0.15) is 15.0 Å². The molecule has 0 aliphatic carbocycles. The first-order valence-electron chi connectivity index (χ1n) is 9.24. The highest BCUT2D eigenvalue weighted by atomic mass is 28.4. The van der Waals surface area contributed by atoms with Gasteiger partial charge < -0.3 is 4.43 Å². The zero-order chi connectivity index (χ0) is 20.5. The van der Waals surface area contributed by atoms with Crippen LogP contribution in [-0.4, -0.2) is 46.8 Å². The van der Waals surface area contributed by atoms with E-state index in [9.17, 15) is 9.59 Å². The fraction of sp³-hybridized carbons (Fsp3) is 0.474. The summed E-state index contributed by atoms with van der Waals surface area (Å²) in [6.45, 7) is 11.8. The first-order valence-corrected chi connectivity index (χ1v) is 12.1. The van der Waals surface area contributed by atoms with Gasteiger partial charge in [-0.05, 0) is 30.3 Å². The van der Waals surface area contributed by atoms with E-state index in [0.717, 1.165) is 10.8 Å². The lowest BCUT2D eigenvalue weighted by molar-refractivity contribution is -0.0947. The largest absolute Gasteiger partial charge is 0.411 e. The van der Waals surface area contributed by atoms with Crippen LogP contribution < -0.4 is 0 Å². The topological polar surface area (TPSA) is 86.5 Å². The van der Waals surface area contributed by atoms with Gasteiger partial charge in [-0.25, -0.2) is 0 Å². The van der Waals surface area contributed by atoms with Crippen LogP contribution in [0.4, 0.5) is 0 Å². The summed E-state index contributed by atoms with van der Waals surface area (Å²) in [5.74, 6) is -0.894. The maximum atomic E-state index is 12.2. The smallest absolute Gasteiger partial charge is 0.285 e. The van der Waals surface area contributed by atoms with Gasteiger partial charge in [0.05, 0.1) is 37.1 Å². The molecule has 0 atom stereocenters. The number of hydroxylamine groups is 2. The van der Waals surface area contributed by atoms with Crippen molar-refractivity contribution in [2.75, 3.05) is 6.61 Å². The quantitative estimate of drug-likeness (QED) is 0.523. The Balaban J connectivity index is 1.51. The Morgan fingerprint density at radius 1 is 1.07 bits per heavy atom. The maximum absolute atomic E-state index is 12.2. The zero-order valence-corrected chi connectivity index (χ0v) is 17.9. The Kier molecular flexibility index (Phi) is 5.51. The van der Waals surface area contributed by atoms with E-state index in [-0.39, 0.29) is 11.6 Å². The van der Waals surface area contributed by atoms with Gasteiger partial charge >= 0.3 is 0 Å². The SMILES string of the molecule is CC(C)(C)[Si](C)(C)OCc1cnn(CCON2C(=O)c3ccccc3C2=O)n1. The van der Waals surface area contributed by atoms with E-state index in [2.05, 4.69) is 44.1 Å². The second kappa shape index (κ2) is 7.57. The fourth-order valence-electron chi connectivity index (χ4n) is 2.48. The van der Waals surface area contributed by atoms with Crippen molar-refractivity contribution in [1.82, 2.24) is 20.1 Å². The van der Waals surface area contributed by atoms with E-state index < -0.39 is 20.1 Å². The molecule has 1 aliphatic heterocycles. The van der Waals surface area contributed by atoms with Crippen molar-refractivity contribution in [2.45, 2.75) is 52.1 Å². The van der Waals surface area contributed by atoms with Crippen LogP contribution in [0.3, 0.4) is 0 Å². The summed E-state index contributed by atoms with van der Waals surface area (Å²) >= 11 is 0. The van der Waals surface area contributed by atoms with Crippen molar-refractivity contribution in [3.8, 4) is 0 Å². The van der Waals surface area contributed by atoms with E-state index in [1.54, 1.807) is 30.5 Å². The number of carbonyl (C=O) groups excluding carboxylic acids is 2. The molecule has 1 aromatic heterocycles. The average molecular weight is 403 g/mol. The Morgan fingerprint density at radius 2 is 1.68 bits per heavy atom. The normalized spacial score (nSPS) is 14.7. The minimum atomic E-state index is -1.85. The fourth-order valence-corrected chi connectivity index (χ4v) is 3.42. The summed E-state index contributed by atoms with van der Waals surface area (Å²) in [5, 5.41) is 9.49. The minimum Gasteiger partial charge on any atom is -0.411 e. The molecule has 0 radical (unpaired) electrons. The van der Waals surface area contributed by atoms with E-state index in [4.69, 9.17) is 9.26 Å². The van der Waals surface area contributed by atoms with Gasteiger partial charge in [0.15, 0.2) is 8.32 Å². The summed E-state index contributed by atoms with van der Waals surface area (Å²) < 4.78 is 6.14. The van der Waals surface area contributed by atoms with Crippen molar-refractivity contribution in [1.29, 1.82) is 0 Å². The number of carbonyl (C=O) groups is 2. The van der Waals surface area contributed by atoms with Crippen LogP contribution in [0.5, 0.6) is 0 Å². The van der Waals surface area contributed by atoms with E-state index in [1.807, 2.05) is 0 Å². The molecule has 0 N–H and O–H groups in total. The Bertz CT molecular complexity index is 853. The highest BCUT2D eigenvalue weighted by molar-refractivity contribution is 6.74. The third kappa shape index (κ3) is 4.06. The van der Waals surface area contributed by atoms with Gasteiger partial charge in [0.2, 0.25) is 0 Å². The van der Waals surface area contributed by atoms with Crippen LogP contribution in [0.15, 0.2) is 30.5 Å². The molecule has 0 fully saturated rings. The van der Waals surface area contributed by atoms with Crippen LogP contribution in [0, 0.1) is 0 Å². The number of aromatic nitrogens is 3. The number of hydrogen-bond donors (Lipinski definition) is 0. The maximum Gasteiger partial charge on any atom is 0.285 e. The molecular formula is C19H26N4O4Si. The van der Waals surface area contributed by atoms with Gasteiger partial charge in [-0.3, -0.25) is 14.4 Å². The third-order valence-corrected chi connectivity index (χ3v) is 9.72. The summed E-state index contributed by atoms with van der Waals surface area (Å²) in [4.78, 5) is 31.4. The summed E-state index contributed by atoms with van der Waals surface area (Å²) in [7, 11) is -1.85. The molecule has 2 aromatic rings. The van der Waals surface area contributed by atoms with E-state index in [0.29, 0.717) is 24.3 Å². The zero-order valence-electron chi connectivity index (χ0n) is 16.9. The number of imide groups is 1. The number of benzene rings is 1. The number of rotatable bonds is 7. The Labute approximate surface area is 165 Å². The van der Waals surface area contributed by atoms with Gasteiger partial charge in [0.25, 0.3) is 11.8 Å². The second-order valence-electron chi connectivity index (χ2n) is 8.26. The first-order chi connectivity index (χ1) is 13.1. The number of hydrogen-bond acceptors (Lipinski definition) is 6. The van der Waals surface area contributed by atoms with E-state index >= 15 is 0 Å². The molecule has 0 spiro atoms. The number of amides is 2. The van der Waals surface area contributed by atoms with Gasteiger partial charge in [0, 0.05) is 0 Å². The summed E-state index contributed by atoms with van der Waals surface area (Å²) in [6.07, 6.45) is 1.66. The molecule has 3 rings (SSSR count). The van der Waals surface area contributed by atoms with Crippen molar-refractivity contribution < 1.29 is 18.9 Å². The molecule has 150 valence electrons. The highest BCUT2D eigenvalue weighted by Gasteiger charge is 2.37. The molecule has 1 aliphatic rings. The molecule has 2 amide bonds. The molecule has 9 heteroatoms. The molecule has 8 nitrogen and oxygen atoms in total. The second-order valence-corrected chi connectivity index (χ2v) is 13.1. The van der Waals surface area contributed by atoms with Crippen molar-refractivity contribution in [3.05, 3.63) is 47.3 Å². The predicted octanol–water partition coefficient (Wildman–Crippen LogP) is 3.03. The monoisotopic (exact) mass is 402 g/mol. The Morgan fingerprint density at radius 3 is 2.25 bits per heavy atom. The van der Waals surface area contributed by atoms with Gasteiger partial charge in [0.1, 0.15) is 5.69 Å². The standard InChI is InChI=1S/C19H26N4O4Si/c1-19(2,3)28(4,5)27-13-14-12-20-22(21-14)10-11-26-23-17(24)15-8-6-7-9-16(15)18(23)25/h6-9,12H,10-11,13H2,1-5H3. The third-order valence-electron chi connectivity index (χ3n) is 5.24. The number of nitrogens with zero attached hydrogens (tertiary/aromatic N) is 4. The van der Waals surface area contributed by atoms with Gasteiger partial charge in [-0.15, -0.1) is 5.06 Å². The van der Waals surface area contributed by atoms with Gasteiger partial charge in [-0.1, -0.05) is 32.9 Å². The molecule has 0 bridgehead atoms. The summed E-state index contributed by atoms with van der Waals surface area (Å²) in [6, 6.07) is 6.66. The molecule has 0 saturated carbocycles. The average Bonchev–Trinajstić information content (AvgIpc) is 3.18. The van der Waals surface area contributed by atoms with Crippen molar-refractivity contribution in [2.24, 2.45) is 0 Å². The van der Waals surface area contributed by atoms with Crippen LogP contribution in [0.1, 0.15) is 47.2 Å². The molecule has 0 unspecified atom stereocenters. The minimum absolute atomic E-state index is 0.0999. The molecule has 0 saturated heterocycles. The van der Waals surface area contributed by atoms with E-state index in [1.165, 1.54) is 4.80 Å². The lowest BCUT2D eigenvalue weighted by Gasteiger charge is -2.35. The van der Waals surface area contributed by atoms with Crippen molar-refractivity contribution in [3.63, 3.8) is 0 Å².